The Balaban J connectivity index is 1.32. The van der Waals surface area contributed by atoms with Crippen molar-refractivity contribution in [3.63, 3.8) is 0 Å². The second kappa shape index (κ2) is 6.25. The summed E-state index contributed by atoms with van der Waals surface area (Å²) in [6.45, 7) is 1.14. The van der Waals surface area contributed by atoms with Crippen molar-refractivity contribution in [1.82, 2.24) is 10.6 Å². The molecule has 1 saturated heterocycles. The van der Waals surface area contributed by atoms with E-state index < -0.39 is 0 Å². The fourth-order valence-electron chi connectivity index (χ4n) is 4.05. The molecule has 0 spiro atoms. The van der Waals surface area contributed by atoms with Gasteiger partial charge in [-0.2, -0.15) is 0 Å². The third kappa shape index (κ3) is 3.71. The van der Waals surface area contributed by atoms with Crippen LogP contribution >= 0.6 is 0 Å². The van der Waals surface area contributed by atoms with E-state index in [1.807, 2.05) is 0 Å². The average molecular weight is 264 g/mol. The third-order valence-electron chi connectivity index (χ3n) is 5.32. The molecule has 1 amide bonds. The molecule has 3 fully saturated rings. The van der Waals surface area contributed by atoms with Crippen LogP contribution in [-0.4, -0.2) is 24.5 Å². The van der Waals surface area contributed by atoms with Gasteiger partial charge in [-0.15, -0.1) is 0 Å². The maximum atomic E-state index is 11.9. The van der Waals surface area contributed by atoms with Crippen LogP contribution in [0.5, 0.6) is 0 Å². The lowest BCUT2D eigenvalue weighted by molar-refractivity contribution is -0.121. The van der Waals surface area contributed by atoms with Gasteiger partial charge in [0.15, 0.2) is 0 Å². The lowest BCUT2D eigenvalue weighted by Crippen LogP contribution is -2.30. The van der Waals surface area contributed by atoms with Gasteiger partial charge >= 0.3 is 0 Å². The second-order valence-corrected chi connectivity index (χ2v) is 6.80. The molecule has 2 unspecified atom stereocenters. The van der Waals surface area contributed by atoms with Gasteiger partial charge < -0.3 is 10.6 Å². The Morgan fingerprint density at radius 3 is 2.68 bits per heavy atom. The Morgan fingerprint density at radius 2 is 1.95 bits per heavy atom. The van der Waals surface area contributed by atoms with Crippen molar-refractivity contribution < 1.29 is 4.79 Å². The zero-order valence-electron chi connectivity index (χ0n) is 12.0. The quantitative estimate of drug-likeness (QED) is 0.801. The van der Waals surface area contributed by atoms with E-state index in [0.29, 0.717) is 18.5 Å². The normalized spacial score (nSPS) is 35.3. The Kier molecular flexibility index (Phi) is 4.42. The van der Waals surface area contributed by atoms with E-state index in [1.54, 1.807) is 0 Å². The van der Waals surface area contributed by atoms with Crippen LogP contribution in [0, 0.1) is 11.8 Å². The van der Waals surface area contributed by atoms with Crippen molar-refractivity contribution in [3.05, 3.63) is 0 Å². The van der Waals surface area contributed by atoms with Crippen molar-refractivity contribution in [2.75, 3.05) is 6.54 Å². The van der Waals surface area contributed by atoms with E-state index in [-0.39, 0.29) is 5.91 Å². The standard InChI is InChI=1S/C16H28N2O/c19-16(9-8-13-7-4-10-17-13)18-15-11-14(15)12-5-2-1-3-6-12/h12-15,17H,1-11H2,(H,18,19)/t13-,14?,15?/m0/s1. The van der Waals surface area contributed by atoms with Crippen LogP contribution in [-0.2, 0) is 4.79 Å². The fourth-order valence-corrected chi connectivity index (χ4v) is 4.05. The molecule has 2 N–H and O–H groups in total. The zero-order chi connectivity index (χ0) is 13.1. The SMILES string of the molecule is O=C(CC[C@@H]1CCCN1)NC1CC1C1CCCCC1. The highest BCUT2D eigenvalue weighted by atomic mass is 16.1. The van der Waals surface area contributed by atoms with Crippen LogP contribution in [0.1, 0.15) is 64.2 Å². The van der Waals surface area contributed by atoms with Crippen LogP contribution in [0.15, 0.2) is 0 Å². The molecule has 3 atom stereocenters. The van der Waals surface area contributed by atoms with E-state index >= 15 is 0 Å². The Bertz CT molecular complexity index is 306. The summed E-state index contributed by atoms with van der Waals surface area (Å²) in [5.41, 5.74) is 0. The molecule has 19 heavy (non-hydrogen) atoms. The molecule has 2 saturated carbocycles. The van der Waals surface area contributed by atoms with E-state index in [1.165, 1.54) is 51.4 Å². The Morgan fingerprint density at radius 1 is 1.11 bits per heavy atom. The minimum absolute atomic E-state index is 0.289. The fraction of sp³-hybridized carbons (Fsp3) is 0.938. The Hall–Kier alpha value is -0.570. The highest BCUT2D eigenvalue weighted by Gasteiger charge is 2.43. The largest absolute Gasteiger partial charge is 0.353 e. The van der Waals surface area contributed by atoms with E-state index in [2.05, 4.69) is 10.6 Å². The van der Waals surface area contributed by atoms with Gasteiger partial charge in [0, 0.05) is 18.5 Å². The summed E-state index contributed by atoms with van der Waals surface area (Å²) in [4.78, 5) is 11.9. The number of hydrogen-bond acceptors (Lipinski definition) is 2. The first-order valence-corrected chi connectivity index (χ1v) is 8.35. The van der Waals surface area contributed by atoms with Crippen LogP contribution in [0.4, 0.5) is 0 Å². The lowest BCUT2D eigenvalue weighted by atomic mass is 9.85. The zero-order valence-corrected chi connectivity index (χ0v) is 12.0. The molecule has 3 aliphatic rings. The predicted octanol–water partition coefficient (Wildman–Crippen LogP) is 2.60. The van der Waals surface area contributed by atoms with Crippen molar-refractivity contribution in [3.8, 4) is 0 Å². The van der Waals surface area contributed by atoms with Gasteiger partial charge in [-0.25, -0.2) is 0 Å². The van der Waals surface area contributed by atoms with Crippen LogP contribution in [0.25, 0.3) is 0 Å². The number of hydrogen-bond donors (Lipinski definition) is 2. The number of carbonyl (C=O) groups is 1. The molecule has 0 aromatic heterocycles. The first-order valence-electron chi connectivity index (χ1n) is 8.35. The highest BCUT2D eigenvalue weighted by molar-refractivity contribution is 5.76. The summed E-state index contributed by atoms with van der Waals surface area (Å²) < 4.78 is 0. The summed E-state index contributed by atoms with van der Waals surface area (Å²) >= 11 is 0. The van der Waals surface area contributed by atoms with Crippen LogP contribution < -0.4 is 10.6 Å². The van der Waals surface area contributed by atoms with Crippen molar-refractivity contribution in [2.24, 2.45) is 11.8 Å². The smallest absolute Gasteiger partial charge is 0.220 e. The van der Waals surface area contributed by atoms with Gasteiger partial charge in [-0.1, -0.05) is 32.1 Å². The third-order valence-corrected chi connectivity index (χ3v) is 5.32. The number of rotatable bonds is 5. The maximum Gasteiger partial charge on any atom is 0.220 e. The molecule has 3 nitrogen and oxygen atoms in total. The van der Waals surface area contributed by atoms with Gasteiger partial charge in [0.1, 0.15) is 0 Å². The summed E-state index contributed by atoms with van der Waals surface area (Å²) in [5.74, 6) is 2.02. The predicted molar refractivity (Wildman–Crippen MR) is 76.9 cm³/mol. The summed E-state index contributed by atoms with van der Waals surface area (Å²) in [7, 11) is 0. The second-order valence-electron chi connectivity index (χ2n) is 6.80. The van der Waals surface area contributed by atoms with Crippen molar-refractivity contribution >= 4 is 5.91 Å². The van der Waals surface area contributed by atoms with Gasteiger partial charge in [0.25, 0.3) is 0 Å². The summed E-state index contributed by atoms with van der Waals surface area (Å²) in [6.07, 6.45) is 12.6. The topological polar surface area (TPSA) is 41.1 Å². The molecule has 0 bridgehead atoms. The molecule has 1 heterocycles. The van der Waals surface area contributed by atoms with Crippen molar-refractivity contribution in [1.29, 1.82) is 0 Å². The van der Waals surface area contributed by atoms with Gasteiger partial charge in [-0.3, -0.25) is 4.79 Å². The maximum absolute atomic E-state index is 11.9. The van der Waals surface area contributed by atoms with Gasteiger partial charge in [0.05, 0.1) is 0 Å². The average Bonchev–Trinajstić information content (AvgIpc) is 3.00. The Labute approximate surface area is 116 Å². The van der Waals surface area contributed by atoms with Crippen LogP contribution in [0.3, 0.4) is 0 Å². The summed E-state index contributed by atoms with van der Waals surface area (Å²) in [5, 5.41) is 6.72. The van der Waals surface area contributed by atoms with E-state index in [4.69, 9.17) is 0 Å². The molecular weight excluding hydrogens is 236 g/mol. The minimum Gasteiger partial charge on any atom is -0.353 e. The van der Waals surface area contributed by atoms with Crippen molar-refractivity contribution in [2.45, 2.75) is 76.3 Å². The molecule has 1 aliphatic heterocycles. The molecule has 0 radical (unpaired) electrons. The molecular formula is C16H28N2O. The molecule has 0 aromatic rings. The first kappa shape index (κ1) is 13.4. The number of nitrogens with one attached hydrogen (secondary N) is 2. The monoisotopic (exact) mass is 264 g/mol. The van der Waals surface area contributed by atoms with Crippen LogP contribution in [0.2, 0.25) is 0 Å². The van der Waals surface area contributed by atoms with E-state index in [9.17, 15) is 4.79 Å². The first-order chi connectivity index (χ1) is 9.33. The number of amides is 1. The molecule has 2 aliphatic carbocycles. The molecule has 3 heteroatoms. The lowest BCUT2D eigenvalue weighted by Gasteiger charge is -2.21. The molecule has 0 aromatic carbocycles. The molecule has 3 rings (SSSR count). The van der Waals surface area contributed by atoms with Gasteiger partial charge in [-0.05, 0) is 44.1 Å². The van der Waals surface area contributed by atoms with Gasteiger partial charge in [0.2, 0.25) is 5.91 Å². The summed E-state index contributed by atoms with van der Waals surface area (Å²) in [6, 6.07) is 1.12. The van der Waals surface area contributed by atoms with E-state index in [0.717, 1.165) is 24.8 Å². The number of carbonyl (C=O) groups excluding carboxylic acids is 1. The molecule has 108 valence electrons. The highest BCUT2D eigenvalue weighted by Crippen LogP contribution is 2.44. The minimum atomic E-state index is 0.289.